The second kappa shape index (κ2) is 8.91. The molecule has 7 heteroatoms. The Labute approximate surface area is 190 Å². The van der Waals surface area contributed by atoms with Crippen molar-refractivity contribution in [1.82, 2.24) is 19.8 Å². The van der Waals surface area contributed by atoms with Gasteiger partial charge in [0.1, 0.15) is 0 Å². The van der Waals surface area contributed by atoms with Gasteiger partial charge < -0.3 is 19.5 Å². The third-order valence-corrected chi connectivity index (χ3v) is 6.55. The van der Waals surface area contributed by atoms with Gasteiger partial charge in [-0.25, -0.2) is 0 Å². The van der Waals surface area contributed by atoms with Crippen LogP contribution in [0.25, 0.3) is 22.2 Å². The summed E-state index contributed by atoms with van der Waals surface area (Å²) < 4.78 is 5.47. The molecule has 2 aliphatic heterocycles. The number of morpholine rings is 1. The average Bonchev–Trinajstić information content (AvgIpc) is 3.21. The fraction of sp³-hybridized carbons (Fsp3) is 0.440. The maximum atomic E-state index is 9.98. The molecule has 0 unspecified atom stereocenters. The van der Waals surface area contributed by atoms with E-state index >= 15 is 0 Å². The summed E-state index contributed by atoms with van der Waals surface area (Å²) in [7, 11) is 2.15. The first-order valence-electron chi connectivity index (χ1n) is 11.4. The Kier molecular flexibility index (Phi) is 5.83. The maximum Gasteiger partial charge on any atom is 0.0999 e. The van der Waals surface area contributed by atoms with Gasteiger partial charge in [0, 0.05) is 80.8 Å². The number of pyridine rings is 1. The zero-order valence-electron chi connectivity index (χ0n) is 18.9. The quantitative estimate of drug-likeness (QED) is 0.683. The van der Waals surface area contributed by atoms with Gasteiger partial charge in [-0.3, -0.25) is 9.88 Å². The number of nitrogens with one attached hydrogen (secondary N) is 1. The van der Waals surface area contributed by atoms with E-state index in [0.29, 0.717) is 5.56 Å². The molecule has 0 spiro atoms. The first-order valence-corrected chi connectivity index (χ1v) is 11.4. The molecule has 2 saturated heterocycles. The summed E-state index contributed by atoms with van der Waals surface area (Å²) in [4.78, 5) is 15.5. The highest BCUT2D eigenvalue weighted by atomic mass is 16.5. The number of fused-ring (bicyclic) bond motifs is 1. The van der Waals surface area contributed by atoms with Crippen molar-refractivity contribution < 1.29 is 6.16 Å². The van der Waals surface area contributed by atoms with Crippen molar-refractivity contribution in [3.8, 4) is 17.3 Å². The van der Waals surface area contributed by atoms with Crippen LogP contribution in [0.15, 0.2) is 30.3 Å². The summed E-state index contributed by atoms with van der Waals surface area (Å²) in [5, 5.41) is 11.0. The minimum atomic E-state index is 0. The third kappa shape index (κ3) is 4.22. The summed E-state index contributed by atoms with van der Waals surface area (Å²) in [5.41, 5.74) is 6.76. The van der Waals surface area contributed by atoms with Crippen LogP contribution >= 0.6 is 0 Å². The first kappa shape index (κ1) is 21.0. The number of hydrogen-bond acceptors (Lipinski definition) is 6. The van der Waals surface area contributed by atoms with Crippen molar-refractivity contribution in [1.29, 1.82) is 5.26 Å². The maximum absolute atomic E-state index is 9.98. The SMILES string of the molecule is Cc1cc2[nH]c(CN3CCOCC3)cc2c(-c2ccc(N3CCN(C)CC3)cc2C#N)n1.[HH]. The Morgan fingerprint density at radius 2 is 1.88 bits per heavy atom. The number of nitriles is 1. The number of ether oxygens (including phenoxy) is 1. The van der Waals surface area contributed by atoms with Crippen LogP contribution in [0.3, 0.4) is 0 Å². The molecule has 168 valence electrons. The number of anilines is 1. The molecule has 1 N–H and O–H groups in total. The van der Waals surface area contributed by atoms with Gasteiger partial charge in [0.05, 0.1) is 30.5 Å². The predicted molar refractivity (Wildman–Crippen MR) is 129 cm³/mol. The minimum Gasteiger partial charge on any atom is -0.379 e. The monoisotopic (exact) mass is 432 g/mol. The van der Waals surface area contributed by atoms with Crippen molar-refractivity contribution in [3.63, 3.8) is 0 Å². The lowest BCUT2D eigenvalue weighted by Crippen LogP contribution is -2.44. The van der Waals surface area contributed by atoms with E-state index in [1.54, 1.807) is 0 Å². The Hall–Kier alpha value is -2.92. The number of rotatable bonds is 4. The number of aromatic amines is 1. The fourth-order valence-electron chi connectivity index (χ4n) is 4.70. The number of H-pyrrole nitrogens is 1. The number of likely N-dealkylation sites (N-methyl/N-ethyl adjacent to an activating group) is 1. The van der Waals surface area contributed by atoms with Crippen LogP contribution in [-0.2, 0) is 11.3 Å². The van der Waals surface area contributed by atoms with Gasteiger partial charge in [-0.1, -0.05) is 0 Å². The molecule has 2 aliphatic rings. The number of benzene rings is 1. The van der Waals surface area contributed by atoms with Crippen LogP contribution in [-0.4, -0.2) is 79.3 Å². The smallest absolute Gasteiger partial charge is 0.0999 e. The molecule has 2 fully saturated rings. The highest BCUT2D eigenvalue weighted by Gasteiger charge is 2.19. The highest BCUT2D eigenvalue weighted by molar-refractivity contribution is 5.95. The lowest BCUT2D eigenvalue weighted by atomic mass is 10.0. The fourth-order valence-corrected chi connectivity index (χ4v) is 4.70. The molecule has 1 aromatic carbocycles. The molecular formula is C25H32N6O. The van der Waals surface area contributed by atoms with Gasteiger partial charge >= 0.3 is 0 Å². The molecular weight excluding hydrogens is 400 g/mol. The van der Waals surface area contributed by atoms with E-state index in [1.807, 2.05) is 13.0 Å². The van der Waals surface area contributed by atoms with Crippen molar-refractivity contribution in [2.75, 3.05) is 64.4 Å². The van der Waals surface area contributed by atoms with Crippen molar-refractivity contribution in [2.45, 2.75) is 13.5 Å². The normalized spacial score (nSPS) is 18.2. The third-order valence-electron chi connectivity index (χ3n) is 6.55. The molecule has 0 atom stereocenters. The van der Waals surface area contributed by atoms with Crippen LogP contribution in [0.1, 0.15) is 18.4 Å². The molecule has 0 radical (unpaired) electrons. The summed E-state index contributed by atoms with van der Waals surface area (Å²) in [6, 6.07) is 13.0. The highest BCUT2D eigenvalue weighted by Crippen LogP contribution is 2.33. The van der Waals surface area contributed by atoms with Gasteiger partial charge in [0.15, 0.2) is 0 Å². The summed E-state index contributed by atoms with van der Waals surface area (Å²) >= 11 is 0. The molecule has 0 saturated carbocycles. The second-order valence-electron chi connectivity index (χ2n) is 8.89. The van der Waals surface area contributed by atoms with Crippen LogP contribution in [0.4, 0.5) is 5.69 Å². The van der Waals surface area contributed by atoms with Crippen LogP contribution in [0.2, 0.25) is 0 Å². The lowest BCUT2D eigenvalue weighted by Gasteiger charge is -2.34. The van der Waals surface area contributed by atoms with Crippen molar-refractivity contribution in [3.05, 3.63) is 47.3 Å². The number of hydrogen-bond donors (Lipinski definition) is 1. The van der Waals surface area contributed by atoms with E-state index in [2.05, 4.69) is 57.1 Å². The topological polar surface area (TPSA) is 71.4 Å². The standard InChI is InChI=1S/C25H30N6O.H2/c1-18-13-24-23(15-20(28-24)17-30-9-11-32-12-10-30)25(27-18)22-4-3-21(14-19(22)16-26)31-7-5-29(2)6-8-31;/h3-4,13-15,28H,5-12,17H2,1-2H3;1H. The number of aromatic nitrogens is 2. The average molecular weight is 433 g/mol. The van der Waals surface area contributed by atoms with Gasteiger partial charge in [-0.15, -0.1) is 0 Å². The molecule has 5 rings (SSSR count). The minimum absolute atomic E-state index is 0. The Balaban J connectivity index is 0.00000259. The molecule has 4 heterocycles. The Bertz CT molecular complexity index is 1160. The zero-order valence-corrected chi connectivity index (χ0v) is 18.9. The lowest BCUT2D eigenvalue weighted by molar-refractivity contribution is 0.0337. The Morgan fingerprint density at radius 3 is 2.62 bits per heavy atom. The molecule has 0 amide bonds. The number of aryl methyl sites for hydroxylation is 1. The molecule has 3 aromatic rings. The summed E-state index contributed by atoms with van der Waals surface area (Å²) in [6.07, 6.45) is 0. The molecule has 2 aromatic heterocycles. The van der Waals surface area contributed by atoms with Crippen molar-refractivity contribution >= 4 is 16.6 Å². The van der Waals surface area contributed by atoms with E-state index in [4.69, 9.17) is 9.72 Å². The molecule has 0 bridgehead atoms. The predicted octanol–water partition coefficient (Wildman–Crippen LogP) is 3.24. The number of piperazine rings is 1. The van der Waals surface area contributed by atoms with Gasteiger partial charge in [0.2, 0.25) is 0 Å². The second-order valence-corrected chi connectivity index (χ2v) is 8.89. The van der Waals surface area contributed by atoms with Gasteiger partial charge in [0.25, 0.3) is 0 Å². The van der Waals surface area contributed by atoms with E-state index in [-0.39, 0.29) is 1.43 Å². The summed E-state index contributed by atoms with van der Waals surface area (Å²) in [6.45, 7) is 10.4. The van der Waals surface area contributed by atoms with Gasteiger partial charge in [-0.2, -0.15) is 5.26 Å². The van der Waals surface area contributed by atoms with Crippen molar-refractivity contribution in [2.24, 2.45) is 0 Å². The zero-order chi connectivity index (χ0) is 22.1. The molecule has 7 nitrogen and oxygen atoms in total. The summed E-state index contributed by atoms with van der Waals surface area (Å²) in [5.74, 6) is 0. The molecule has 32 heavy (non-hydrogen) atoms. The largest absolute Gasteiger partial charge is 0.379 e. The molecule has 0 aliphatic carbocycles. The van der Waals surface area contributed by atoms with E-state index in [9.17, 15) is 5.26 Å². The van der Waals surface area contributed by atoms with Gasteiger partial charge in [-0.05, 0) is 44.3 Å². The first-order chi connectivity index (χ1) is 15.6. The van der Waals surface area contributed by atoms with Crippen LogP contribution < -0.4 is 4.90 Å². The van der Waals surface area contributed by atoms with E-state index in [0.717, 1.165) is 92.6 Å². The number of nitrogens with zero attached hydrogens (tertiary/aromatic N) is 5. The Morgan fingerprint density at radius 1 is 1.09 bits per heavy atom. The van der Waals surface area contributed by atoms with E-state index < -0.39 is 0 Å². The van der Waals surface area contributed by atoms with Crippen LogP contribution in [0, 0.1) is 18.3 Å². The van der Waals surface area contributed by atoms with Crippen LogP contribution in [0.5, 0.6) is 0 Å². The van der Waals surface area contributed by atoms with E-state index in [1.165, 1.54) is 5.69 Å².